The minimum absolute atomic E-state index is 0.294. The third-order valence-electron chi connectivity index (χ3n) is 5.96. The van der Waals surface area contributed by atoms with Crippen LogP contribution in [0.2, 0.25) is 0 Å². The molecule has 0 aromatic heterocycles. The topological polar surface area (TPSA) is 46.6 Å². The van der Waals surface area contributed by atoms with E-state index in [0.29, 0.717) is 16.9 Å². The van der Waals surface area contributed by atoms with Crippen molar-refractivity contribution in [2.75, 3.05) is 19.7 Å². The average Bonchev–Trinajstić information content (AvgIpc) is 2.35. The van der Waals surface area contributed by atoms with Crippen molar-refractivity contribution in [2.24, 2.45) is 10.8 Å². The fraction of sp³-hybridized carbons (Fsp3) is 1.00. The molecule has 1 heterocycles. The maximum Gasteiger partial charge on any atom is 0.216 e. The molecule has 0 aromatic carbocycles. The van der Waals surface area contributed by atoms with Crippen LogP contribution < -0.4 is 0 Å². The van der Waals surface area contributed by atoms with E-state index in [-0.39, 0.29) is 5.25 Å². The lowest BCUT2D eigenvalue weighted by atomic mass is 9.42. The first-order valence-corrected chi connectivity index (χ1v) is 9.92. The normalized spacial score (nSPS) is 28.8. The molecule has 1 saturated heterocycles. The van der Waals surface area contributed by atoms with Crippen molar-refractivity contribution >= 4 is 10.0 Å². The third-order valence-corrected chi connectivity index (χ3v) is 8.24. The molecule has 0 N–H and O–H groups in total. The third kappa shape index (κ3) is 2.66. The smallest absolute Gasteiger partial charge is 0.216 e. The summed E-state index contributed by atoms with van der Waals surface area (Å²) < 4.78 is 31.8. The summed E-state index contributed by atoms with van der Waals surface area (Å²) in [5.41, 5.74) is 0.999. The van der Waals surface area contributed by atoms with Gasteiger partial charge in [-0.05, 0) is 70.1 Å². The maximum absolute atomic E-state index is 12.2. The Kier molecular flexibility index (Phi) is 3.90. The number of rotatable bonds is 4. The lowest BCUT2D eigenvalue weighted by molar-refractivity contribution is -0.181. The van der Waals surface area contributed by atoms with Crippen LogP contribution in [0.3, 0.4) is 0 Å². The Labute approximate surface area is 129 Å². The molecule has 0 aromatic rings. The van der Waals surface area contributed by atoms with E-state index in [2.05, 4.69) is 6.92 Å². The summed E-state index contributed by atoms with van der Waals surface area (Å²) in [6.45, 7) is 7.91. The highest BCUT2D eigenvalue weighted by Gasteiger charge is 2.60. The summed E-state index contributed by atoms with van der Waals surface area (Å²) in [6.07, 6.45) is 7.68. The molecule has 3 fully saturated rings. The van der Waals surface area contributed by atoms with Crippen LogP contribution in [0, 0.1) is 10.8 Å². The lowest BCUT2D eigenvalue weighted by Gasteiger charge is -2.65. The highest BCUT2D eigenvalue weighted by molar-refractivity contribution is 7.89. The molecular formula is C16H29NO3S. The molecule has 2 saturated carbocycles. The van der Waals surface area contributed by atoms with Crippen molar-refractivity contribution in [3.05, 3.63) is 0 Å². The van der Waals surface area contributed by atoms with Crippen molar-refractivity contribution in [3.8, 4) is 0 Å². The summed E-state index contributed by atoms with van der Waals surface area (Å²) in [7, 11) is -3.06. The predicted molar refractivity (Wildman–Crippen MR) is 83.6 cm³/mol. The van der Waals surface area contributed by atoms with Gasteiger partial charge in [0.1, 0.15) is 0 Å². The first-order chi connectivity index (χ1) is 9.81. The van der Waals surface area contributed by atoms with Gasteiger partial charge < -0.3 is 4.74 Å². The van der Waals surface area contributed by atoms with Crippen LogP contribution in [0.1, 0.15) is 59.3 Å². The number of sulfonamides is 1. The van der Waals surface area contributed by atoms with E-state index in [1.807, 2.05) is 0 Å². The van der Waals surface area contributed by atoms with Gasteiger partial charge in [0.15, 0.2) is 0 Å². The lowest BCUT2D eigenvalue weighted by Crippen LogP contribution is -2.59. The Hall–Kier alpha value is -0.130. The zero-order chi connectivity index (χ0) is 15.3. The molecule has 0 atom stereocenters. The van der Waals surface area contributed by atoms with Gasteiger partial charge in [0.2, 0.25) is 10.0 Å². The molecule has 5 heteroatoms. The SMILES string of the molecule is CCOC1CC2(C1)CC1(CCN(S(=O)(=O)C(C)C)CC1)C2. The molecule has 3 rings (SSSR count). The summed E-state index contributed by atoms with van der Waals surface area (Å²) >= 11 is 0. The number of hydrogen-bond acceptors (Lipinski definition) is 3. The molecule has 2 aliphatic carbocycles. The van der Waals surface area contributed by atoms with Crippen LogP contribution in [0.4, 0.5) is 0 Å². The average molecular weight is 315 g/mol. The Bertz CT molecular complexity index is 476. The number of piperidine rings is 1. The second kappa shape index (κ2) is 5.20. The van der Waals surface area contributed by atoms with Gasteiger partial charge >= 0.3 is 0 Å². The second-order valence-corrected chi connectivity index (χ2v) is 10.3. The monoisotopic (exact) mass is 315 g/mol. The Balaban J connectivity index is 1.50. The first-order valence-electron chi connectivity index (χ1n) is 8.42. The van der Waals surface area contributed by atoms with Crippen molar-refractivity contribution in [3.63, 3.8) is 0 Å². The molecule has 4 nitrogen and oxygen atoms in total. The van der Waals surface area contributed by atoms with Crippen LogP contribution in [0.25, 0.3) is 0 Å². The molecule has 122 valence electrons. The second-order valence-electron chi connectivity index (χ2n) is 7.83. The Morgan fingerprint density at radius 1 is 1.14 bits per heavy atom. The molecule has 0 amide bonds. The van der Waals surface area contributed by atoms with E-state index >= 15 is 0 Å². The maximum atomic E-state index is 12.2. The van der Waals surface area contributed by atoms with Gasteiger partial charge in [-0.2, -0.15) is 0 Å². The van der Waals surface area contributed by atoms with Crippen LogP contribution in [0.15, 0.2) is 0 Å². The van der Waals surface area contributed by atoms with E-state index in [4.69, 9.17) is 4.74 Å². The van der Waals surface area contributed by atoms with Crippen LogP contribution in [-0.2, 0) is 14.8 Å². The molecule has 0 bridgehead atoms. The van der Waals surface area contributed by atoms with Gasteiger partial charge in [-0.3, -0.25) is 0 Å². The van der Waals surface area contributed by atoms with Crippen molar-refractivity contribution < 1.29 is 13.2 Å². The van der Waals surface area contributed by atoms with E-state index < -0.39 is 10.0 Å². The van der Waals surface area contributed by atoms with Crippen LogP contribution >= 0.6 is 0 Å². The van der Waals surface area contributed by atoms with E-state index in [1.165, 1.54) is 25.7 Å². The van der Waals surface area contributed by atoms with Gasteiger partial charge in [-0.1, -0.05) is 0 Å². The van der Waals surface area contributed by atoms with Gasteiger partial charge in [-0.25, -0.2) is 12.7 Å². The van der Waals surface area contributed by atoms with Crippen molar-refractivity contribution in [1.29, 1.82) is 0 Å². The molecule has 3 aliphatic rings. The number of ether oxygens (including phenoxy) is 1. The van der Waals surface area contributed by atoms with E-state index in [1.54, 1.807) is 18.2 Å². The van der Waals surface area contributed by atoms with Gasteiger partial charge in [-0.15, -0.1) is 0 Å². The van der Waals surface area contributed by atoms with Crippen molar-refractivity contribution in [1.82, 2.24) is 4.31 Å². The minimum atomic E-state index is -3.06. The summed E-state index contributed by atoms with van der Waals surface area (Å²) in [5, 5.41) is -0.294. The first kappa shape index (κ1) is 15.8. The summed E-state index contributed by atoms with van der Waals surface area (Å²) in [4.78, 5) is 0. The highest BCUT2D eigenvalue weighted by atomic mass is 32.2. The summed E-state index contributed by atoms with van der Waals surface area (Å²) in [6, 6.07) is 0. The largest absolute Gasteiger partial charge is 0.378 e. The Morgan fingerprint density at radius 2 is 1.71 bits per heavy atom. The van der Waals surface area contributed by atoms with Gasteiger partial charge in [0.05, 0.1) is 11.4 Å². The minimum Gasteiger partial charge on any atom is -0.378 e. The number of nitrogens with zero attached hydrogens (tertiary/aromatic N) is 1. The predicted octanol–water partition coefficient (Wildman–Crippen LogP) is 2.79. The fourth-order valence-corrected chi connectivity index (χ4v) is 6.24. The highest BCUT2D eigenvalue weighted by Crippen LogP contribution is 2.68. The standard InChI is InChI=1S/C16H29NO3S/c1-4-20-14-9-16(10-14)11-15(12-16)5-7-17(8-6-15)21(18,19)13(2)3/h13-14H,4-12H2,1-3H3. The summed E-state index contributed by atoms with van der Waals surface area (Å²) in [5.74, 6) is 0. The molecule has 21 heavy (non-hydrogen) atoms. The fourth-order valence-electron chi connectivity index (χ4n) is 4.95. The van der Waals surface area contributed by atoms with E-state index in [9.17, 15) is 8.42 Å². The van der Waals surface area contributed by atoms with E-state index in [0.717, 1.165) is 32.5 Å². The van der Waals surface area contributed by atoms with Crippen molar-refractivity contribution in [2.45, 2.75) is 70.7 Å². The zero-order valence-corrected chi connectivity index (χ0v) is 14.4. The molecule has 2 spiro atoms. The molecular weight excluding hydrogens is 286 g/mol. The molecule has 0 radical (unpaired) electrons. The van der Waals surface area contributed by atoms with Gasteiger partial charge in [0, 0.05) is 19.7 Å². The quantitative estimate of drug-likeness (QED) is 0.801. The van der Waals surface area contributed by atoms with Crippen LogP contribution in [-0.4, -0.2) is 43.8 Å². The zero-order valence-electron chi connectivity index (χ0n) is 13.6. The molecule has 0 unspecified atom stereocenters. The molecule has 1 aliphatic heterocycles. The Morgan fingerprint density at radius 3 is 2.19 bits per heavy atom. The number of hydrogen-bond donors (Lipinski definition) is 0. The van der Waals surface area contributed by atoms with Crippen LogP contribution in [0.5, 0.6) is 0 Å². The van der Waals surface area contributed by atoms with Gasteiger partial charge in [0.25, 0.3) is 0 Å².